The number of aromatic nitrogens is 2. The van der Waals surface area contributed by atoms with E-state index in [4.69, 9.17) is 8.83 Å². The van der Waals surface area contributed by atoms with E-state index in [0.29, 0.717) is 11.4 Å². The van der Waals surface area contributed by atoms with Crippen LogP contribution in [0.2, 0.25) is 0 Å². The largest absolute Gasteiger partial charge is 0.438 e. The van der Waals surface area contributed by atoms with E-state index in [1.807, 2.05) is 12.1 Å². The lowest BCUT2D eigenvalue weighted by Gasteiger charge is -2.29. The van der Waals surface area contributed by atoms with Crippen LogP contribution in [0.4, 0.5) is 17.1 Å². The molecule has 5 heteroatoms. The van der Waals surface area contributed by atoms with Crippen molar-refractivity contribution in [3.8, 4) is 11.1 Å². The lowest BCUT2D eigenvalue weighted by molar-refractivity contribution is 0.654. The summed E-state index contributed by atoms with van der Waals surface area (Å²) in [6.07, 6.45) is 3.54. The molecular weight excluding hydrogens is 518 g/mol. The molecule has 1 aliphatic rings. The Morgan fingerprint density at radius 2 is 1.17 bits per heavy atom. The van der Waals surface area contributed by atoms with E-state index >= 15 is 0 Å². The van der Waals surface area contributed by atoms with Crippen LogP contribution in [0.5, 0.6) is 0 Å². The second-order valence-electron chi connectivity index (χ2n) is 11.5. The van der Waals surface area contributed by atoms with Crippen molar-refractivity contribution >= 4 is 61.2 Å². The van der Waals surface area contributed by atoms with Crippen molar-refractivity contribution in [1.29, 1.82) is 0 Å². The summed E-state index contributed by atoms with van der Waals surface area (Å²) >= 11 is 0. The minimum atomic E-state index is -0.111. The van der Waals surface area contributed by atoms with Gasteiger partial charge >= 0.3 is 0 Å². The molecule has 0 atom stereocenters. The molecule has 0 spiro atoms. The standard InChI is InChI=1S/C37H25N3O2/c1-37(2)29-11-4-3-8-26(29)34-30(37)12-5-13-31(34)40(22-14-16-32-27(20-22)24-9-6-18-38-35(24)41-32)23-15-17-33-28(21-23)25-10-7-19-39-36(25)42-33/h3-21H,1-2H3. The summed E-state index contributed by atoms with van der Waals surface area (Å²) in [6.45, 7) is 4.64. The molecule has 0 aliphatic heterocycles. The van der Waals surface area contributed by atoms with E-state index in [9.17, 15) is 0 Å². The normalized spacial score (nSPS) is 13.7. The van der Waals surface area contributed by atoms with Crippen molar-refractivity contribution < 1.29 is 8.83 Å². The number of furan rings is 2. The lowest BCUT2D eigenvalue weighted by atomic mass is 9.82. The number of anilines is 3. The molecule has 9 rings (SSSR count). The van der Waals surface area contributed by atoms with Gasteiger partial charge in [0.25, 0.3) is 0 Å². The molecule has 0 radical (unpaired) electrons. The number of hydrogen-bond acceptors (Lipinski definition) is 5. The number of pyridine rings is 2. The number of nitrogens with zero attached hydrogens (tertiary/aromatic N) is 3. The summed E-state index contributed by atoms with van der Waals surface area (Å²) in [6, 6.07) is 36.3. The summed E-state index contributed by atoms with van der Waals surface area (Å²) < 4.78 is 12.2. The molecule has 0 saturated heterocycles. The number of rotatable bonds is 3. The van der Waals surface area contributed by atoms with Crippen molar-refractivity contribution in [1.82, 2.24) is 9.97 Å². The monoisotopic (exact) mass is 543 g/mol. The van der Waals surface area contributed by atoms with Crippen LogP contribution in [0.1, 0.15) is 25.0 Å². The van der Waals surface area contributed by atoms with E-state index < -0.39 is 0 Å². The number of hydrogen-bond donors (Lipinski definition) is 0. The van der Waals surface area contributed by atoms with E-state index in [0.717, 1.165) is 49.8 Å². The highest BCUT2D eigenvalue weighted by Crippen LogP contribution is 2.54. The second-order valence-corrected chi connectivity index (χ2v) is 11.5. The van der Waals surface area contributed by atoms with E-state index in [-0.39, 0.29) is 5.41 Å². The molecule has 42 heavy (non-hydrogen) atoms. The Morgan fingerprint density at radius 1 is 0.571 bits per heavy atom. The first-order valence-electron chi connectivity index (χ1n) is 14.2. The zero-order valence-electron chi connectivity index (χ0n) is 23.1. The highest BCUT2D eigenvalue weighted by atomic mass is 16.3. The average molecular weight is 544 g/mol. The highest BCUT2D eigenvalue weighted by Gasteiger charge is 2.37. The Balaban J connectivity index is 1.36. The van der Waals surface area contributed by atoms with Crippen molar-refractivity contribution in [2.24, 2.45) is 0 Å². The van der Waals surface area contributed by atoms with Crippen LogP contribution < -0.4 is 4.90 Å². The maximum absolute atomic E-state index is 6.09. The fraction of sp³-hybridized carbons (Fsp3) is 0.0811. The number of fused-ring (bicyclic) bond motifs is 9. The van der Waals surface area contributed by atoms with E-state index in [1.54, 1.807) is 12.4 Å². The van der Waals surface area contributed by atoms with Gasteiger partial charge in [0.15, 0.2) is 0 Å². The first-order chi connectivity index (χ1) is 20.6. The molecule has 0 amide bonds. The SMILES string of the molecule is CC1(C)c2ccccc2-c2c(N(c3ccc4oc5ncccc5c4c3)c3ccc4oc5ncccc5c4c3)cccc21. The Kier molecular flexibility index (Phi) is 4.61. The van der Waals surface area contributed by atoms with Crippen LogP contribution in [0.25, 0.3) is 55.3 Å². The van der Waals surface area contributed by atoms with E-state index in [2.05, 4.69) is 120 Å². The summed E-state index contributed by atoms with van der Waals surface area (Å²) in [5, 5.41) is 4.07. The third kappa shape index (κ3) is 3.13. The Hall–Kier alpha value is -5.42. The van der Waals surface area contributed by atoms with Gasteiger partial charge in [-0.25, -0.2) is 9.97 Å². The third-order valence-electron chi connectivity index (χ3n) is 8.81. The predicted molar refractivity (Wildman–Crippen MR) is 169 cm³/mol. The molecule has 0 unspecified atom stereocenters. The highest BCUT2D eigenvalue weighted by molar-refractivity contribution is 6.08. The molecule has 4 aromatic heterocycles. The minimum Gasteiger partial charge on any atom is -0.438 e. The van der Waals surface area contributed by atoms with Gasteiger partial charge in [0.2, 0.25) is 11.4 Å². The zero-order chi connectivity index (χ0) is 28.0. The fourth-order valence-electron chi connectivity index (χ4n) is 6.82. The van der Waals surface area contributed by atoms with Crippen LogP contribution in [-0.2, 0) is 5.41 Å². The van der Waals surface area contributed by atoms with Gasteiger partial charge in [-0.15, -0.1) is 0 Å². The Bertz CT molecular complexity index is 2250. The molecule has 1 aliphatic carbocycles. The molecule has 5 nitrogen and oxygen atoms in total. The van der Waals surface area contributed by atoms with Gasteiger partial charge in [-0.3, -0.25) is 0 Å². The summed E-state index contributed by atoms with van der Waals surface area (Å²) in [4.78, 5) is 11.3. The van der Waals surface area contributed by atoms with Crippen LogP contribution in [0, 0.1) is 0 Å². The van der Waals surface area contributed by atoms with Gasteiger partial charge in [-0.1, -0.05) is 50.2 Å². The fourth-order valence-corrected chi connectivity index (χ4v) is 6.82. The molecule has 4 aromatic carbocycles. The number of benzene rings is 4. The third-order valence-corrected chi connectivity index (χ3v) is 8.81. The molecule has 0 bridgehead atoms. The topological polar surface area (TPSA) is 55.3 Å². The quantitative estimate of drug-likeness (QED) is 0.222. The first kappa shape index (κ1) is 23.3. The van der Waals surface area contributed by atoms with Crippen LogP contribution in [-0.4, -0.2) is 9.97 Å². The van der Waals surface area contributed by atoms with Gasteiger partial charge in [0.1, 0.15) is 11.2 Å². The molecule has 0 saturated carbocycles. The van der Waals surface area contributed by atoms with Gasteiger partial charge in [-0.2, -0.15) is 0 Å². The van der Waals surface area contributed by atoms with Gasteiger partial charge in [-0.05, 0) is 83.4 Å². The summed E-state index contributed by atoms with van der Waals surface area (Å²) in [5.41, 5.74) is 11.2. The van der Waals surface area contributed by atoms with Crippen molar-refractivity contribution in [3.63, 3.8) is 0 Å². The first-order valence-corrected chi connectivity index (χ1v) is 14.2. The smallest absolute Gasteiger partial charge is 0.227 e. The molecule has 0 fully saturated rings. The molecule has 200 valence electrons. The maximum Gasteiger partial charge on any atom is 0.227 e. The maximum atomic E-state index is 6.09. The Morgan fingerprint density at radius 3 is 1.81 bits per heavy atom. The molecule has 4 heterocycles. The summed E-state index contributed by atoms with van der Waals surface area (Å²) in [7, 11) is 0. The van der Waals surface area contributed by atoms with Crippen molar-refractivity contribution in [2.75, 3.05) is 4.90 Å². The molecule has 8 aromatic rings. The van der Waals surface area contributed by atoms with E-state index in [1.165, 1.54) is 22.3 Å². The molecule has 0 N–H and O–H groups in total. The lowest BCUT2D eigenvalue weighted by Crippen LogP contribution is -2.16. The van der Waals surface area contributed by atoms with Gasteiger partial charge in [0, 0.05) is 56.3 Å². The predicted octanol–water partition coefficient (Wildman–Crippen LogP) is 10.1. The average Bonchev–Trinajstić information content (AvgIpc) is 3.66. The minimum absolute atomic E-state index is 0.111. The van der Waals surface area contributed by atoms with Crippen molar-refractivity contribution in [2.45, 2.75) is 19.3 Å². The van der Waals surface area contributed by atoms with Crippen LogP contribution >= 0.6 is 0 Å². The van der Waals surface area contributed by atoms with Gasteiger partial charge < -0.3 is 13.7 Å². The summed E-state index contributed by atoms with van der Waals surface area (Å²) in [5.74, 6) is 0. The Labute approximate surface area is 241 Å². The van der Waals surface area contributed by atoms with Gasteiger partial charge in [0.05, 0.1) is 5.69 Å². The zero-order valence-corrected chi connectivity index (χ0v) is 23.1. The van der Waals surface area contributed by atoms with Crippen LogP contribution in [0.3, 0.4) is 0 Å². The second kappa shape index (κ2) is 8.30. The molecular formula is C37H25N3O2. The van der Waals surface area contributed by atoms with Crippen LogP contribution in [0.15, 0.2) is 124 Å². The van der Waals surface area contributed by atoms with Crippen molar-refractivity contribution in [3.05, 3.63) is 127 Å².